The van der Waals surface area contributed by atoms with Crippen LogP contribution in [0.1, 0.15) is 5.56 Å². The summed E-state index contributed by atoms with van der Waals surface area (Å²) in [6.45, 7) is 0. The van der Waals surface area contributed by atoms with Crippen molar-refractivity contribution < 1.29 is 23.1 Å². The maximum absolute atomic E-state index is 12.2. The SMILES string of the molecule is O=C([O-])CSc1ccc(C(F)(F)F)cc1Cl. The third-order valence-electron chi connectivity index (χ3n) is 1.60. The maximum atomic E-state index is 12.2. The lowest BCUT2D eigenvalue weighted by Gasteiger charge is -2.09. The monoisotopic (exact) mass is 269 g/mol. The second kappa shape index (κ2) is 4.97. The quantitative estimate of drug-likeness (QED) is 0.790. The van der Waals surface area contributed by atoms with Crippen LogP contribution in [0, 0.1) is 0 Å². The van der Waals surface area contributed by atoms with Crippen molar-refractivity contribution in [3.8, 4) is 0 Å². The fourth-order valence-electron chi connectivity index (χ4n) is 0.931. The van der Waals surface area contributed by atoms with Gasteiger partial charge in [-0.2, -0.15) is 13.2 Å². The van der Waals surface area contributed by atoms with Crippen LogP contribution in [0.2, 0.25) is 5.02 Å². The highest BCUT2D eigenvalue weighted by Crippen LogP contribution is 2.35. The van der Waals surface area contributed by atoms with Gasteiger partial charge in [0.2, 0.25) is 0 Å². The first-order valence-corrected chi connectivity index (χ1v) is 5.36. The third-order valence-corrected chi connectivity index (χ3v) is 3.08. The van der Waals surface area contributed by atoms with Gasteiger partial charge in [0.25, 0.3) is 0 Å². The van der Waals surface area contributed by atoms with Crippen molar-refractivity contribution in [1.82, 2.24) is 0 Å². The Morgan fingerprint density at radius 2 is 2.06 bits per heavy atom. The van der Waals surface area contributed by atoms with Crippen molar-refractivity contribution in [2.24, 2.45) is 0 Å². The topological polar surface area (TPSA) is 40.1 Å². The zero-order chi connectivity index (χ0) is 12.3. The average Bonchev–Trinajstić information content (AvgIpc) is 2.14. The molecule has 0 radical (unpaired) electrons. The van der Waals surface area contributed by atoms with E-state index in [0.717, 1.165) is 30.0 Å². The van der Waals surface area contributed by atoms with Gasteiger partial charge in [-0.05, 0) is 18.2 Å². The fraction of sp³-hybridized carbons (Fsp3) is 0.222. The molecular formula is C9H5ClF3O2S-. The number of hydrogen-bond acceptors (Lipinski definition) is 3. The molecule has 88 valence electrons. The number of carbonyl (C=O) groups is 1. The van der Waals surface area contributed by atoms with Gasteiger partial charge in [-0.3, -0.25) is 0 Å². The molecule has 0 fully saturated rings. The van der Waals surface area contributed by atoms with Gasteiger partial charge in [0.1, 0.15) is 0 Å². The molecule has 1 aromatic rings. The second-order valence-corrected chi connectivity index (χ2v) is 4.23. The van der Waals surface area contributed by atoms with E-state index in [1.165, 1.54) is 0 Å². The van der Waals surface area contributed by atoms with Crippen molar-refractivity contribution in [2.45, 2.75) is 11.1 Å². The zero-order valence-corrected chi connectivity index (χ0v) is 9.25. The van der Waals surface area contributed by atoms with Gasteiger partial charge in [-0.15, -0.1) is 11.8 Å². The summed E-state index contributed by atoms with van der Waals surface area (Å²) in [6, 6.07) is 2.75. The highest BCUT2D eigenvalue weighted by molar-refractivity contribution is 8.00. The maximum Gasteiger partial charge on any atom is 0.416 e. The van der Waals surface area contributed by atoms with E-state index in [2.05, 4.69) is 0 Å². The number of carboxylic acids is 1. The van der Waals surface area contributed by atoms with Crippen LogP contribution in [0.25, 0.3) is 0 Å². The number of thioether (sulfide) groups is 1. The summed E-state index contributed by atoms with van der Waals surface area (Å²) in [5.74, 6) is -1.66. The first-order chi connectivity index (χ1) is 7.30. The molecule has 1 rings (SSSR count). The van der Waals surface area contributed by atoms with Gasteiger partial charge in [0.05, 0.1) is 16.6 Å². The number of carbonyl (C=O) groups excluding carboxylic acids is 1. The van der Waals surface area contributed by atoms with E-state index in [1.807, 2.05) is 0 Å². The van der Waals surface area contributed by atoms with Crippen molar-refractivity contribution in [1.29, 1.82) is 0 Å². The smallest absolute Gasteiger partial charge is 0.416 e. The molecular weight excluding hydrogens is 265 g/mol. The molecule has 0 spiro atoms. The standard InChI is InChI=1S/C9H6ClF3O2S/c10-6-3-5(9(11,12)13)1-2-7(6)16-4-8(14)15/h1-3H,4H2,(H,14,15)/p-1. The average molecular weight is 270 g/mol. The Labute approximate surface area is 98.4 Å². The van der Waals surface area contributed by atoms with Crippen molar-refractivity contribution in [3.63, 3.8) is 0 Å². The van der Waals surface area contributed by atoms with Crippen LogP contribution < -0.4 is 5.11 Å². The van der Waals surface area contributed by atoms with Crippen LogP contribution in [0.3, 0.4) is 0 Å². The molecule has 0 bridgehead atoms. The van der Waals surface area contributed by atoms with Crippen LogP contribution in [-0.4, -0.2) is 11.7 Å². The number of alkyl halides is 3. The predicted octanol–water partition coefficient (Wildman–Crippen LogP) is 2.20. The minimum absolute atomic E-state index is 0.124. The summed E-state index contributed by atoms with van der Waals surface area (Å²) in [4.78, 5) is 10.4. The molecule has 0 aliphatic rings. The highest BCUT2D eigenvalue weighted by atomic mass is 35.5. The molecule has 0 N–H and O–H groups in total. The van der Waals surface area contributed by atoms with E-state index < -0.39 is 17.7 Å². The number of hydrogen-bond donors (Lipinski definition) is 0. The highest BCUT2D eigenvalue weighted by Gasteiger charge is 2.30. The normalized spacial score (nSPS) is 11.5. The minimum Gasteiger partial charge on any atom is -0.549 e. The van der Waals surface area contributed by atoms with Crippen LogP contribution >= 0.6 is 23.4 Å². The van der Waals surface area contributed by atoms with Gasteiger partial charge in [-0.1, -0.05) is 11.6 Å². The fourth-order valence-corrected chi connectivity index (χ4v) is 1.91. The zero-order valence-electron chi connectivity index (χ0n) is 7.68. The largest absolute Gasteiger partial charge is 0.549 e. The summed E-state index contributed by atoms with van der Waals surface area (Å²) in [5.41, 5.74) is -0.865. The Balaban J connectivity index is 2.88. The summed E-state index contributed by atoms with van der Waals surface area (Å²) in [7, 11) is 0. The van der Waals surface area contributed by atoms with Gasteiger partial charge in [0.15, 0.2) is 0 Å². The van der Waals surface area contributed by atoms with Crippen molar-refractivity contribution in [3.05, 3.63) is 28.8 Å². The summed E-state index contributed by atoms with van der Waals surface area (Å²) in [6.07, 6.45) is -4.46. The molecule has 0 atom stereocenters. The lowest BCUT2D eigenvalue weighted by molar-refractivity contribution is -0.301. The third kappa shape index (κ3) is 3.61. The molecule has 2 nitrogen and oxygen atoms in total. The van der Waals surface area contributed by atoms with E-state index in [4.69, 9.17) is 11.6 Å². The van der Waals surface area contributed by atoms with E-state index in [1.54, 1.807) is 0 Å². The van der Waals surface area contributed by atoms with Crippen LogP contribution in [0.4, 0.5) is 13.2 Å². The first-order valence-electron chi connectivity index (χ1n) is 4.00. The van der Waals surface area contributed by atoms with Crippen LogP contribution in [0.15, 0.2) is 23.1 Å². The Morgan fingerprint density at radius 1 is 1.44 bits per heavy atom. The lowest BCUT2D eigenvalue weighted by Crippen LogP contribution is -2.24. The van der Waals surface area contributed by atoms with Gasteiger partial charge in [-0.25, -0.2) is 0 Å². The van der Waals surface area contributed by atoms with Crippen molar-refractivity contribution in [2.75, 3.05) is 5.75 Å². The molecule has 0 aliphatic heterocycles. The predicted molar refractivity (Wildman–Crippen MR) is 52.2 cm³/mol. The molecule has 0 amide bonds. The second-order valence-electron chi connectivity index (χ2n) is 2.80. The minimum atomic E-state index is -4.46. The Kier molecular flexibility index (Phi) is 4.09. The molecule has 0 aromatic heterocycles. The van der Waals surface area contributed by atoms with Gasteiger partial charge in [0, 0.05) is 10.6 Å². The van der Waals surface area contributed by atoms with E-state index in [9.17, 15) is 23.1 Å². The van der Waals surface area contributed by atoms with E-state index in [0.29, 0.717) is 0 Å². The number of carboxylic acid groups (broad SMARTS) is 1. The Morgan fingerprint density at radius 3 is 2.50 bits per heavy atom. The van der Waals surface area contributed by atoms with Crippen LogP contribution in [0.5, 0.6) is 0 Å². The van der Waals surface area contributed by atoms with E-state index >= 15 is 0 Å². The number of aliphatic carboxylic acids is 1. The van der Waals surface area contributed by atoms with E-state index in [-0.39, 0.29) is 15.7 Å². The molecule has 0 saturated carbocycles. The summed E-state index contributed by atoms with van der Waals surface area (Å²) >= 11 is 6.40. The lowest BCUT2D eigenvalue weighted by atomic mass is 10.2. The first kappa shape index (κ1) is 13.2. The van der Waals surface area contributed by atoms with Crippen molar-refractivity contribution >= 4 is 29.3 Å². The molecule has 0 aliphatic carbocycles. The summed E-state index contributed by atoms with van der Waals surface area (Å²) in [5, 5.41) is 10.0. The number of rotatable bonds is 3. The van der Waals surface area contributed by atoms with Gasteiger partial charge >= 0.3 is 6.18 Å². The number of benzene rings is 1. The molecule has 16 heavy (non-hydrogen) atoms. The molecule has 7 heteroatoms. The molecule has 0 heterocycles. The number of halogens is 4. The summed E-state index contributed by atoms with van der Waals surface area (Å²) < 4.78 is 36.7. The molecule has 1 aromatic carbocycles. The van der Waals surface area contributed by atoms with Crippen LogP contribution in [-0.2, 0) is 11.0 Å². The molecule has 0 saturated heterocycles. The molecule has 0 unspecified atom stereocenters. The Bertz CT molecular complexity index is 406. The van der Waals surface area contributed by atoms with Gasteiger partial charge < -0.3 is 9.90 Å². The Hall–Kier alpha value is -0.880.